The van der Waals surface area contributed by atoms with E-state index in [4.69, 9.17) is 0 Å². The van der Waals surface area contributed by atoms with E-state index >= 15 is 0 Å². The summed E-state index contributed by atoms with van der Waals surface area (Å²) in [7, 11) is 1.96. The summed E-state index contributed by atoms with van der Waals surface area (Å²) >= 11 is 0. The van der Waals surface area contributed by atoms with Crippen LogP contribution < -0.4 is 5.32 Å². The largest absolute Gasteiger partial charge is 0.310 e. The first-order chi connectivity index (χ1) is 9.20. The van der Waals surface area contributed by atoms with Crippen molar-refractivity contribution >= 4 is 0 Å². The third kappa shape index (κ3) is 3.67. The molecule has 2 aromatic rings. The van der Waals surface area contributed by atoms with Gasteiger partial charge < -0.3 is 5.32 Å². The van der Waals surface area contributed by atoms with Crippen LogP contribution in [0.15, 0.2) is 36.7 Å². The standard InChI is InChI=1S/C16H23N3/c1-4-9-17-16(10-14-11-18-19(3)12-14)15-8-6-5-7-13(15)2/h5-8,11-12,16-17H,4,9-10H2,1-3H3. The Bertz CT molecular complexity index is 516. The summed E-state index contributed by atoms with van der Waals surface area (Å²) < 4.78 is 1.87. The molecule has 1 unspecified atom stereocenters. The van der Waals surface area contributed by atoms with Crippen molar-refractivity contribution in [3.05, 3.63) is 53.3 Å². The van der Waals surface area contributed by atoms with Crippen LogP contribution in [-0.4, -0.2) is 16.3 Å². The molecule has 1 aromatic carbocycles. The van der Waals surface area contributed by atoms with E-state index in [2.05, 4.69) is 54.7 Å². The molecular formula is C16H23N3. The fourth-order valence-corrected chi connectivity index (χ4v) is 2.40. The van der Waals surface area contributed by atoms with Crippen LogP contribution in [0.4, 0.5) is 0 Å². The van der Waals surface area contributed by atoms with Crippen molar-refractivity contribution in [2.75, 3.05) is 6.54 Å². The molecule has 1 atom stereocenters. The van der Waals surface area contributed by atoms with Crippen molar-refractivity contribution in [2.24, 2.45) is 7.05 Å². The predicted octanol–water partition coefficient (Wildman–Crippen LogP) is 3.01. The highest BCUT2D eigenvalue weighted by Crippen LogP contribution is 2.21. The molecule has 0 spiro atoms. The van der Waals surface area contributed by atoms with E-state index in [9.17, 15) is 0 Å². The monoisotopic (exact) mass is 257 g/mol. The Balaban J connectivity index is 2.18. The van der Waals surface area contributed by atoms with Gasteiger partial charge in [0.2, 0.25) is 0 Å². The highest BCUT2D eigenvalue weighted by atomic mass is 15.2. The molecule has 0 fully saturated rings. The average molecular weight is 257 g/mol. The summed E-state index contributed by atoms with van der Waals surface area (Å²) in [4.78, 5) is 0. The average Bonchev–Trinajstić information content (AvgIpc) is 2.81. The number of benzene rings is 1. The van der Waals surface area contributed by atoms with Gasteiger partial charge in [-0.15, -0.1) is 0 Å². The van der Waals surface area contributed by atoms with Crippen molar-refractivity contribution in [3.63, 3.8) is 0 Å². The second kappa shape index (κ2) is 6.53. The number of nitrogens with one attached hydrogen (secondary N) is 1. The number of hydrogen-bond donors (Lipinski definition) is 1. The topological polar surface area (TPSA) is 29.9 Å². The number of aryl methyl sites for hydroxylation is 2. The smallest absolute Gasteiger partial charge is 0.0522 e. The predicted molar refractivity (Wildman–Crippen MR) is 79.1 cm³/mol. The Kier molecular flexibility index (Phi) is 4.74. The van der Waals surface area contributed by atoms with Crippen LogP contribution in [0.25, 0.3) is 0 Å². The second-order valence-corrected chi connectivity index (χ2v) is 5.09. The zero-order valence-electron chi connectivity index (χ0n) is 12.1. The van der Waals surface area contributed by atoms with Crippen molar-refractivity contribution < 1.29 is 0 Å². The fraction of sp³-hybridized carbons (Fsp3) is 0.438. The van der Waals surface area contributed by atoms with E-state index in [1.54, 1.807) is 0 Å². The van der Waals surface area contributed by atoms with Crippen molar-refractivity contribution in [3.8, 4) is 0 Å². The van der Waals surface area contributed by atoms with Gasteiger partial charge in [-0.2, -0.15) is 5.10 Å². The zero-order chi connectivity index (χ0) is 13.7. The van der Waals surface area contributed by atoms with Crippen molar-refractivity contribution in [1.82, 2.24) is 15.1 Å². The van der Waals surface area contributed by atoms with Crippen molar-refractivity contribution in [2.45, 2.75) is 32.7 Å². The Hall–Kier alpha value is -1.61. The Morgan fingerprint density at radius 1 is 1.32 bits per heavy atom. The first-order valence-corrected chi connectivity index (χ1v) is 6.97. The highest BCUT2D eigenvalue weighted by molar-refractivity contribution is 5.30. The Morgan fingerprint density at radius 2 is 2.11 bits per heavy atom. The molecule has 0 aliphatic carbocycles. The summed E-state index contributed by atoms with van der Waals surface area (Å²) in [5.41, 5.74) is 4.01. The molecule has 1 N–H and O–H groups in total. The van der Waals surface area contributed by atoms with Crippen LogP contribution in [0.2, 0.25) is 0 Å². The summed E-state index contributed by atoms with van der Waals surface area (Å²) in [5, 5.41) is 7.90. The lowest BCUT2D eigenvalue weighted by Gasteiger charge is -2.20. The molecule has 0 aliphatic rings. The minimum absolute atomic E-state index is 0.366. The van der Waals surface area contributed by atoms with E-state index in [1.807, 2.05) is 17.9 Å². The van der Waals surface area contributed by atoms with Gasteiger partial charge in [0.25, 0.3) is 0 Å². The van der Waals surface area contributed by atoms with E-state index in [-0.39, 0.29) is 0 Å². The van der Waals surface area contributed by atoms with E-state index in [1.165, 1.54) is 16.7 Å². The van der Waals surface area contributed by atoms with Crippen molar-refractivity contribution in [1.29, 1.82) is 0 Å². The maximum Gasteiger partial charge on any atom is 0.0522 e. The highest BCUT2D eigenvalue weighted by Gasteiger charge is 2.14. The molecule has 1 heterocycles. The van der Waals surface area contributed by atoms with Gasteiger partial charge in [-0.25, -0.2) is 0 Å². The van der Waals surface area contributed by atoms with Gasteiger partial charge in [-0.1, -0.05) is 31.2 Å². The fourth-order valence-electron chi connectivity index (χ4n) is 2.40. The first-order valence-electron chi connectivity index (χ1n) is 6.97. The lowest BCUT2D eigenvalue weighted by molar-refractivity contribution is 0.527. The van der Waals surface area contributed by atoms with Crippen LogP contribution in [0.1, 0.15) is 36.1 Å². The third-order valence-electron chi connectivity index (χ3n) is 3.40. The molecule has 102 valence electrons. The lowest BCUT2D eigenvalue weighted by Crippen LogP contribution is -2.24. The molecule has 0 saturated carbocycles. The maximum atomic E-state index is 4.25. The Labute approximate surface area is 115 Å². The number of rotatable bonds is 6. The second-order valence-electron chi connectivity index (χ2n) is 5.09. The van der Waals surface area contributed by atoms with E-state index in [0.29, 0.717) is 6.04 Å². The van der Waals surface area contributed by atoms with Gasteiger partial charge in [0.1, 0.15) is 0 Å². The van der Waals surface area contributed by atoms with Crippen LogP contribution in [0.3, 0.4) is 0 Å². The van der Waals surface area contributed by atoms with Crippen LogP contribution >= 0.6 is 0 Å². The minimum atomic E-state index is 0.366. The number of hydrogen-bond acceptors (Lipinski definition) is 2. The zero-order valence-corrected chi connectivity index (χ0v) is 12.1. The summed E-state index contributed by atoms with van der Waals surface area (Å²) in [6, 6.07) is 8.98. The third-order valence-corrected chi connectivity index (χ3v) is 3.40. The molecule has 1 aromatic heterocycles. The van der Waals surface area contributed by atoms with Gasteiger partial charge in [0.15, 0.2) is 0 Å². The molecule has 19 heavy (non-hydrogen) atoms. The van der Waals surface area contributed by atoms with Gasteiger partial charge >= 0.3 is 0 Å². The molecule has 0 aliphatic heterocycles. The molecule has 0 saturated heterocycles. The quantitative estimate of drug-likeness (QED) is 0.862. The van der Waals surface area contributed by atoms with E-state index in [0.717, 1.165) is 19.4 Å². The molecule has 0 amide bonds. The lowest BCUT2D eigenvalue weighted by atomic mass is 9.96. The summed E-state index contributed by atoms with van der Waals surface area (Å²) in [6.45, 7) is 5.42. The van der Waals surface area contributed by atoms with Crippen LogP contribution in [-0.2, 0) is 13.5 Å². The minimum Gasteiger partial charge on any atom is -0.310 e. The van der Waals surface area contributed by atoms with Gasteiger partial charge in [0, 0.05) is 19.3 Å². The van der Waals surface area contributed by atoms with Gasteiger partial charge in [-0.05, 0) is 43.0 Å². The molecule has 2 rings (SSSR count). The van der Waals surface area contributed by atoms with Gasteiger partial charge in [0.05, 0.1) is 6.20 Å². The normalized spacial score (nSPS) is 12.6. The van der Waals surface area contributed by atoms with Gasteiger partial charge in [-0.3, -0.25) is 4.68 Å². The summed E-state index contributed by atoms with van der Waals surface area (Å²) in [6.07, 6.45) is 6.19. The molecule has 0 radical (unpaired) electrons. The van der Waals surface area contributed by atoms with Crippen LogP contribution in [0, 0.1) is 6.92 Å². The number of nitrogens with zero attached hydrogens (tertiary/aromatic N) is 2. The molecule has 3 heteroatoms. The summed E-state index contributed by atoms with van der Waals surface area (Å²) in [5.74, 6) is 0. The first kappa shape index (κ1) is 13.8. The molecular weight excluding hydrogens is 234 g/mol. The van der Waals surface area contributed by atoms with Crippen LogP contribution in [0.5, 0.6) is 0 Å². The SMILES string of the molecule is CCCNC(Cc1cnn(C)c1)c1ccccc1C. The number of aromatic nitrogens is 2. The van der Waals surface area contributed by atoms with E-state index < -0.39 is 0 Å². The molecule has 3 nitrogen and oxygen atoms in total. The molecule has 0 bridgehead atoms. The Morgan fingerprint density at radius 3 is 2.74 bits per heavy atom. The maximum absolute atomic E-state index is 4.25.